The summed E-state index contributed by atoms with van der Waals surface area (Å²) >= 11 is 0. The lowest BCUT2D eigenvalue weighted by atomic mass is 10.1. The van der Waals surface area contributed by atoms with Crippen molar-refractivity contribution in [2.75, 3.05) is 25.5 Å². The summed E-state index contributed by atoms with van der Waals surface area (Å²) in [5.74, 6) is -6.02. The van der Waals surface area contributed by atoms with Crippen LogP contribution in [0.4, 0.5) is 23.2 Å². The number of amides is 2. The SMILES string of the molecule is CN(CC(=O)Nc1cc(F)cc(F)c1)C(=O)C1CC(F)(F)CN1.Cl. The first-order valence-corrected chi connectivity index (χ1v) is 6.78. The van der Waals surface area contributed by atoms with Gasteiger partial charge in [-0.05, 0) is 12.1 Å². The van der Waals surface area contributed by atoms with Crippen LogP contribution in [0, 0.1) is 11.6 Å². The molecule has 2 N–H and O–H groups in total. The number of nitrogens with one attached hydrogen (secondary N) is 2. The zero-order valence-electron chi connectivity index (χ0n) is 12.6. The number of nitrogens with zero attached hydrogens (tertiary/aromatic N) is 1. The van der Waals surface area contributed by atoms with Gasteiger partial charge < -0.3 is 10.2 Å². The van der Waals surface area contributed by atoms with Crippen molar-refractivity contribution in [1.82, 2.24) is 10.2 Å². The van der Waals surface area contributed by atoms with Crippen molar-refractivity contribution in [2.24, 2.45) is 0 Å². The van der Waals surface area contributed by atoms with Crippen LogP contribution in [0.1, 0.15) is 6.42 Å². The molecule has 5 nitrogen and oxygen atoms in total. The molecule has 1 aromatic carbocycles. The monoisotopic (exact) mass is 369 g/mol. The van der Waals surface area contributed by atoms with Gasteiger partial charge in [0.05, 0.1) is 19.1 Å². The quantitative estimate of drug-likeness (QED) is 0.795. The number of halogens is 5. The fraction of sp³-hybridized carbons (Fsp3) is 0.429. The Morgan fingerprint density at radius 2 is 1.88 bits per heavy atom. The first kappa shape index (κ1) is 20.2. The molecule has 0 aliphatic carbocycles. The Balaban J connectivity index is 0.00000288. The Kier molecular flexibility index (Phi) is 6.56. The smallest absolute Gasteiger partial charge is 0.262 e. The molecule has 1 heterocycles. The minimum atomic E-state index is -2.96. The van der Waals surface area contributed by atoms with Gasteiger partial charge in [0.1, 0.15) is 11.6 Å². The lowest BCUT2D eigenvalue weighted by Gasteiger charge is -2.20. The van der Waals surface area contributed by atoms with Gasteiger partial charge in [0, 0.05) is 25.2 Å². The van der Waals surface area contributed by atoms with Crippen LogP contribution in [0.3, 0.4) is 0 Å². The number of carbonyl (C=O) groups excluding carboxylic acids is 2. The summed E-state index contributed by atoms with van der Waals surface area (Å²) in [6.45, 7) is -1.02. The molecule has 24 heavy (non-hydrogen) atoms. The van der Waals surface area contributed by atoms with Gasteiger partial charge in [-0.3, -0.25) is 14.9 Å². The van der Waals surface area contributed by atoms with Crippen LogP contribution in [0.5, 0.6) is 0 Å². The summed E-state index contributed by atoms with van der Waals surface area (Å²) in [6.07, 6.45) is -0.632. The summed E-state index contributed by atoms with van der Waals surface area (Å²) in [6, 6.07) is 1.43. The van der Waals surface area contributed by atoms with E-state index in [1.54, 1.807) is 0 Å². The van der Waals surface area contributed by atoms with Gasteiger partial charge in [0.15, 0.2) is 0 Å². The largest absolute Gasteiger partial charge is 0.335 e. The van der Waals surface area contributed by atoms with Crippen molar-refractivity contribution in [3.63, 3.8) is 0 Å². The zero-order valence-corrected chi connectivity index (χ0v) is 13.4. The molecule has 1 fully saturated rings. The molecule has 0 radical (unpaired) electrons. The third kappa shape index (κ3) is 5.34. The van der Waals surface area contributed by atoms with E-state index in [0.717, 1.165) is 17.0 Å². The van der Waals surface area contributed by atoms with E-state index < -0.39 is 54.9 Å². The Labute approximate surface area is 141 Å². The highest BCUT2D eigenvalue weighted by Gasteiger charge is 2.43. The maximum atomic E-state index is 13.1. The van der Waals surface area contributed by atoms with Crippen molar-refractivity contribution < 1.29 is 27.2 Å². The van der Waals surface area contributed by atoms with Gasteiger partial charge in [-0.25, -0.2) is 17.6 Å². The molecule has 1 aliphatic heterocycles. The summed E-state index contributed by atoms with van der Waals surface area (Å²) in [5, 5.41) is 4.63. The highest BCUT2D eigenvalue weighted by atomic mass is 35.5. The van der Waals surface area contributed by atoms with Gasteiger partial charge in [0.25, 0.3) is 5.92 Å². The maximum absolute atomic E-state index is 13.1. The molecule has 0 saturated carbocycles. The number of benzene rings is 1. The number of likely N-dealkylation sites (N-methyl/N-ethyl adjacent to an activating group) is 1. The predicted molar refractivity (Wildman–Crippen MR) is 81.2 cm³/mol. The van der Waals surface area contributed by atoms with Crippen LogP contribution in [-0.2, 0) is 9.59 Å². The van der Waals surface area contributed by atoms with Gasteiger partial charge in [-0.15, -0.1) is 12.4 Å². The molecule has 134 valence electrons. The van der Waals surface area contributed by atoms with Crippen molar-refractivity contribution in [3.8, 4) is 0 Å². The number of hydrogen-bond acceptors (Lipinski definition) is 3. The normalized spacial score (nSPS) is 18.6. The van der Waals surface area contributed by atoms with Crippen molar-refractivity contribution >= 4 is 29.9 Å². The van der Waals surface area contributed by atoms with Crippen LogP contribution >= 0.6 is 12.4 Å². The Morgan fingerprint density at radius 1 is 1.29 bits per heavy atom. The van der Waals surface area contributed by atoms with Crippen molar-refractivity contribution in [1.29, 1.82) is 0 Å². The number of anilines is 1. The molecule has 2 rings (SSSR count). The second-order valence-corrected chi connectivity index (χ2v) is 5.39. The minimum absolute atomic E-state index is 0. The number of carbonyl (C=O) groups is 2. The number of rotatable bonds is 4. The van der Waals surface area contributed by atoms with E-state index >= 15 is 0 Å². The van der Waals surface area contributed by atoms with Gasteiger partial charge >= 0.3 is 0 Å². The number of alkyl halides is 2. The summed E-state index contributed by atoms with van der Waals surface area (Å²) < 4.78 is 52.1. The second kappa shape index (κ2) is 7.80. The fourth-order valence-corrected chi connectivity index (χ4v) is 2.28. The molecule has 0 aromatic heterocycles. The zero-order chi connectivity index (χ0) is 17.2. The van der Waals surface area contributed by atoms with Crippen molar-refractivity contribution in [3.05, 3.63) is 29.8 Å². The maximum Gasteiger partial charge on any atom is 0.262 e. The van der Waals surface area contributed by atoms with Crippen LogP contribution in [-0.4, -0.2) is 48.8 Å². The van der Waals surface area contributed by atoms with E-state index in [0.29, 0.717) is 6.07 Å². The van der Waals surface area contributed by atoms with Gasteiger partial charge in [0.2, 0.25) is 11.8 Å². The van der Waals surface area contributed by atoms with E-state index in [4.69, 9.17) is 0 Å². The molecular formula is C14H16ClF4N3O2. The summed E-state index contributed by atoms with van der Waals surface area (Å²) in [5.41, 5.74) is -0.0983. The summed E-state index contributed by atoms with van der Waals surface area (Å²) in [7, 11) is 1.28. The van der Waals surface area contributed by atoms with E-state index in [2.05, 4.69) is 10.6 Å². The second-order valence-electron chi connectivity index (χ2n) is 5.39. The summed E-state index contributed by atoms with van der Waals surface area (Å²) in [4.78, 5) is 24.7. The molecule has 1 aliphatic rings. The van der Waals surface area contributed by atoms with Crippen LogP contribution in [0.15, 0.2) is 18.2 Å². The van der Waals surface area contributed by atoms with Crippen LogP contribution in [0.2, 0.25) is 0 Å². The molecular weight excluding hydrogens is 354 g/mol. The molecule has 2 amide bonds. The van der Waals surface area contributed by atoms with E-state index in [9.17, 15) is 27.2 Å². The standard InChI is InChI=1S/C14H15F4N3O2.ClH/c1-21(13(23)11-5-14(17,18)7-19-11)6-12(22)20-10-3-8(15)2-9(16)4-10;/h2-4,11,19H,5-7H2,1H3,(H,20,22);1H. The molecule has 10 heteroatoms. The first-order valence-electron chi connectivity index (χ1n) is 6.78. The Morgan fingerprint density at radius 3 is 2.38 bits per heavy atom. The number of hydrogen-bond donors (Lipinski definition) is 2. The average molecular weight is 370 g/mol. The highest BCUT2D eigenvalue weighted by Crippen LogP contribution is 2.25. The third-order valence-corrected chi connectivity index (χ3v) is 3.31. The Bertz CT molecular complexity index is 610. The molecule has 0 spiro atoms. The molecule has 0 bridgehead atoms. The predicted octanol–water partition coefficient (Wildman–Crippen LogP) is 1.78. The minimum Gasteiger partial charge on any atom is -0.335 e. The third-order valence-electron chi connectivity index (χ3n) is 3.31. The van der Waals surface area contributed by atoms with E-state index in [1.807, 2.05) is 0 Å². The van der Waals surface area contributed by atoms with E-state index in [1.165, 1.54) is 7.05 Å². The lowest BCUT2D eigenvalue weighted by Crippen LogP contribution is -2.44. The highest BCUT2D eigenvalue weighted by molar-refractivity contribution is 5.95. The average Bonchev–Trinajstić information content (AvgIpc) is 2.76. The van der Waals surface area contributed by atoms with Crippen LogP contribution in [0.25, 0.3) is 0 Å². The Hall–Kier alpha value is -1.87. The van der Waals surface area contributed by atoms with Crippen LogP contribution < -0.4 is 10.6 Å². The molecule has 1 atom stereocenters. The topological polar surface area (TPSA) is 61.4 Å². The molecule has 1 unspecified atom stereocenters. The van der Waals surface area contributed by atoms with Gasteiger partial charge in [-0.2, -0.15) is 0 Å². The molecule has 1 aromatic rings. The van der Waals surface area contributed by atoms with Crippen molar-refractivity contribution in [2.45, 2.75) is 18.4 Å². The van der Waals surface area contributed by atoms with E-state index in [-0.39, 0.29) is 18.1 Å². The lowest BCUT2D eigenvalue weighted by molar-refractivity contribution is -0.135. The first-order chi connectivity index (χ1) is 10.7. The fourth-order valence-electron chi connectivity index (χ4n) is 2.28. The van der Waals surface area contributed by atoms with Gasteiger partial charge in [-0.1, -0.05) is 0 Å². The molecule has 1 saturated heterocycles.